The minimum atomic E-state index is -2.90. The van der Waals surface area contributed by atoms with E-state index in [0.29, 0.717) is 47.9 Å². The third-order valence-electron chi connectivity index (χ3n) is 5.71. The van der Waals surface area contributed by atoms with Gasteiger partial charge >= 0.3 is 0 Å². The van der Waals surface area contributed by atoms with Crippen molar-refractivity contribution in [3.05, 3.63) is 53.2 Å². The van der Waals surface area contributed by atoms with Gasteiger partial charge in [0, 0.05) is 24.0 Å². The third-order valence-corrected chi connectivity index (χ3v) is 5.71. The van der Waals surface area contributed by atoms with Crippen LogP contribution in [0.5, 0.6) is 0 Å². The first-order valence-corrected chi connectivity index (χ1v) is 10.3. The fraction of sp³-hybridized carbons (Fsp3) is 0.364. The highest BCUT2D eigenvalue weighted by molar-refractivity contribution is 5.90. The lowest BCUT2D eigenvalue weighted by Gasteiger charge is -2.20. The Hall–Kier alpha value is -3.43. The maximum Gasteiger partial charge on any atom is 0.266 e. The second-order valence-corrected chi connectivity index (χ2v) is 7.93. The summed E-state index contributed by atoms with van der Waals surface area (Å²) in [7, 11) is 0. The third kappa shape index (κ3) is 4.17. The van der Waals surface area contributed by atoms with Crippen LogP contribution in [0, 0.1) is 18.7 Å². The number of halogens is 3. The molecule has 3 N–H and O–H groups in total. The van der Waals surface area contributed by atoms with E-state index in [-0.39, 0.29) is 17.4 Å². The number of carbonyl (C=O) groups excluding carboxylic acids is 1. The number of benzene rings is 1. The topological polar surface area (TPSA) is 97.0 Å². The van der Waals surface area contributed by atoms with Gasteiger partial charge in [-0.1, -0.05) is 18.2 Å². The molecule has 10 heteroatoms. The standard InChI is InChI=1S/C22H23F3N6O/c1-11(14-4-3-5-15(19(14)23)20(24)25)28-22-16-8-18(27-9-17(16)29-12(2)30-22)31-7-6-13(10-31)21(26)32/h3-5,8-9,11,13,20H,6-7,10H2,1-2H3,(H2,26,32)(H,28,29,30)/t11-,13+/m1/s1. The molecule has 2 atom stereocenters. The number of hydrogen-bond acceptors (Lipinski definition) is 6. The molecule has 0 saturated carbocycles. The molecule has 1 fully saturated rings. The van der Waals surface area contributed by atoms with Gasteiger partial charge in [0.2, 0.25) is 5.91 Å². The van der Waals surface area contributed by atoms with Gasteiger partial charge in [-0.3, -0.25) is 4.79 Å². The van der Waals surface area contributed by atoms with Crippen molar-refractivity contribution >= 4 is 28.4 Å². The average Bonchev–Trinajstić information content (AvgIpc) is 3.24. The minimum Gasteiger partial charge on any atom is -0.369 e. The van der Waals surface area contributed by atoms with Crippen molar-refractivity contribution in [3.63, 3.8) is 0 Å². The normalized spacial score (nSPS) is 17.2. The number of alkyl halides is 2. The van der Waals surface area contributed by atoms with Gasteiger partial charge in [-0.15, -0.1) is 0 Å². The molecule has 1 aliphatic rings. The summed E-state index contributed by atoms with van der Waals surface area (Å²) in [6, 6.07) is 5.13. The molecule has 0 spiro atoms. The minimum absolute atomic E-state index is 0.116. The van der Waals surface area contributed by atoms with E-state index < -0.39 is 23.8 Å². The molecule has 7 nitrogen and oxygen atoms in total. The Bertz CT molecular complexity index is 1170. The van der Waals surface area contributed by atoms with E-state index in [1.165, 1.54) is 12.1 Å². The number of aromatic nitrogens is 3. The molecule has 0 radical (unpaired) electrons. The van der Waals surface area contributed by atoms with Crippen molar-refractivity contribution in [1.82, 2.24) is 15.0 Å². The number of nitrogens with zero attached hydrogens (tertiary/aromatic N) is 4. The molecule has 4 rings (SSSR count). The first-order chi connectivity index (χ1) is 15.2. The highest BCUT2D eigenvalue weighted by Gasteiger charge is 2.28. The maximum absolute atomic E-state index is 14.6. The van der Waals surface area contributed by atoms with E-state index in [4.69, 9.17) is 5.73 Å². The number of fused-ring (bicyclic) bond motifs is 1. The SMILES string of the molecule is Cc1nc(N[C@H](C)c2cccc(C(F)F)c2F)c2cc(N3CC[C@H](C(N)=O)C3)ncc2n1. The van der Waals surface area contributed by atoms with Crippen LogP contribution in [0.4, 0.5) is 24.8 Å². The van der Waals surface area contributed by atoms with E-state index in [1.54, 1.807) is 26.1 Å². The molecule has 2 aromatic heterocycles. The van der Waals surface area contributed by atoms with Crippen LogP contribution in [0.2, 0.25) is 0 Å². The number of amides is 1. The van der Waals surface area contributed by atoms with Gasteiger partial charge in [-0.05, 0) is 26.3 Å². The first-order valence-electron chi connectivity index (χ1n) is 10.3. The van der Waals surface area contributed by atoms with Crippen LogP contribution in [0.1, 0.15) is 42.8 Å². The number of rotatable bonds is 6. The van der Waals surface area contributed by atoms with Crippen molar-refractivity contribution < 1.29 is 18.0 Å². The van der Waals surface area contributed by atoms with Gasteiger partial charge in [0.05, 0.1) is 29.2 Å². The molecule has 0 aliphatic carbocycles. The zero-order chi connectivity index (χ0) is 23.0. The number of nitrogens with one attached hydrogen (secondary N) is 1. The van der Waals surface area contributed by atoms with Gasteiger partial charge in [-0.2, -0.15) is 0 Å². The van der Waals surface area contributed by atoms with Gasteiger partial charge in [-0.25, -0.2) is 28.1 Å². The number of hydrogen-bond donors (Lipinski definition) is 2. The molecule has 1 saturated heterocycles. The van der Waals surface area contributed by atoms with Gasteiger partial charge in [0.15, 0.2) is 0 Å². The van der Waals surface area contributed by atoms with Crippen molar-refractivity contribution in [2.24, 2.45) is 11.7 Å². The Morgan fingerprint density at radius 2 is 2.03 bits per heavy atom. The van der Waals surface area contributed by atoms with Gasteiger partial charge in [0.1, 0.15) is 23.3 Å². The lowest BCUT2D eigenvalue weighted by molar-refractivity contribution is -0.121. The van der Waals surface area contributed by atoms with Crippen LogP contribution in [0.3, 0.4) is 0 Å². The number of carbonyl (C=O) groups is 1. The summed E-state index contributed by atoms with van der Waals surface area (Å²) in [6.07, 6.45) is -0.630. The first kappa shape index (κ1) is 21.8. The van der Waals surface area contributed by atoms with E-state index in [1.807, 2.05) is 4.90 Å². The second-order valence-electron chi connectivity index (χ2n) is 7.93. The highest BCUT2D eigenvalue weighted by Crippen LogP contribution is 2.32. The largest absolute Gasteiger partial charge is 0.369 e. The monoisotopic (exact) mass is 444 g/mol. The summed E-state index contributed by atoms with van der Waals surface area (Å²) in [5, 5.41) is 3.79. The predicted molar refractivity (Wildman–Crippen MR) is 115 cm³/mol. The number of anilines is 2. The van der Waals surface area contributed by atoms with Crippen LogP contribution < -0.4 is 16.0 Å². The zero-order valence-electron chi connectivity index (χ0n) is 17.6. The Morgan fingerprint density at radius 3 is 2.72 bits per heavy atom. The molecular weight excluding hydrogens is 421 g/mol. The molecular formula is C22H23F3N6O. The lowest BCUT2D eigenvalue weighted by atomic mass is 10.0. The number of primary amides is 1. The van der Waals surface area contributed by atoms with Gasteiger partial charge in [0.25, 0.3) is 6.43 Å². The Balaban J connectivity index is 1.68. The van der Waals surface area contributed by atoms with Gasteiger partial charge < -0.3 is 16.0 Å². The number of nitrogens with two attached hydrogens (primary N) is 1. The summed E-state index contributed by atoms with van der Waals surface area (Å²) in [5.41, 5.74) is 5.50. The summed E-state index contributed by atoms with van der Waals surface area (Å²) in [4.78, 5) is 26.8. The van der Waals surface area contributed by atoms with E-state index in [9.17, 15) is 18.0 Å². The highest BCUT2D eigenvalue weighted by atomic mass is 19.3. The van der Waals surface area contributed by atoms with Crippen LogP contribution in [0.25, 0.3) is 10.9 Å². The Labute approximate surface area is 182 Å². The fourth-order valence-corrected chi connectivity index (χ4v) is 3.98. The molecule has 1 aliphatic heterocycles. The molecule has 1 amide bonds. The smallest absolute Gasteiger partial charge is 0.266 e. The molecule has 0 bridgehead atoms. The van der Waals surface area contributed by atoms with Crippen LogP contribution in [-0.2, 0) is 4.79 Å². The van der Waals surface area contributed by atoms with E-state index >= 15 is 0 Å². The summed E-state index contributed by atoms with van der Waals surface area (Å²) < 4.78 is 40.8. The van der Waals surface area contributed by atoms with E-state index in [2.05, 4.69) is 20.3 Å². The number of aryl methyl sites for hydroxylation is 1. The van der Waals surface area contributed by atoms with Crippen molar-refractivity contribution in [2.45, 2.75) is 32.7 Å². The summed E-state index contributed by atoms with van der Waals surface area (Å²) in [6.45, 7) is 4.52. The van der Waals surface area contributed by atoms with E-state index in [0.717, 1.165) is 6.07 Å². The fourth-order valence-electron chi connectivity index (χ4n) is 3.98. The van der Waals surface area contributed by atoms with Crippen LogP contribution >= 0.6 is 0 Å². The maximum atomic E-state index is 14.6. The quantitative estimate of drug-likeness (QED) is 0.599. The Morgan fingerprint density at radius 1 is 1.28 bits per heavy atom. The van der Waals surface area contributed by atoms with Crippen LogP contribution in [0.15, 0.2) is 30.5 Å². The average molecular weight is 444 g/mol. The van der Waals surface area contributed by atoms with Crippen molar-refractivity contribution in [1.29, 1.82) is 0 Å². The predicted octanol–water partition coefficient (Wildman–Crippen LogP) is 3.89. The summed E-state index contributed by atoms with van der Waals surface area (Å²) in [5.74, 6) is 0.0698. The molecule has 168 valence electrons. The molecule has 3 aromatic rings. The molecule has 3 heterocycles. The lowest BCUT2D eigenvalue weighted by Crippen LogP contribution is -2.27. The van der Waals surface area contributed by atoms with Crippen molar-refractivity contribution in [2.75, 3.05) is 23.3 Å². The molecule has 0 unspecified atom stereocenters. The Kier molecular flexibility index (Phi) is 5.86. The molecule has 1 aromatic carbocycles. The number of pyridine rings is 1. The second kappa shape index (κ2) is 8.60. The van der Waals surface area contributed by atoms with Crippen LogP contribution in [-0.4, -0.2) is 33.9 Å². The zero-order valence-corrected chi connectivity index (χ0v) is 17.6. The molecule has 32 heavy (non-hydrogen) atoms. The van der Waals surface area contributed by atoms with Crippen molar-refractivity contribution in [3.8, 4) is 0 Å². The summed E-state index contributed by atoms with van der Waals surface area (Å²) >= 11 is 0.